The molecule has 2 aliphatic rings. The van der Waals surface area contributed by atoms with E-state index in [0.717, 1.165) is 24.5 Å². The van der Waals surface area contributed by atoms with Crippen LogP contribution in [0.5, 0.6) is 11.5 Å². The fraction of sp³-hybridized carbons (Fsp3) is 0.579. The van der Waals surface area contributed by atoms with Crippen LogP contribution >= 0.6 is 0 Å². The molecule has 0 spiro atoms. The Balaban J connectivity index is 2.18. The van der Waals surface area contributed by atoms with Crippen molar-refractivity contribution in [2.75, 3.05) is 27.8 Å². The van der Waals surface area contributed by atoms with Crippen molar-refractivity contribution in [3.63, 3.8) is 0 Å². The van der Waals surface area contributed by atoms with Crippen LogP contribution in [-0.4, -0.2) is 32.7 Å². The molecular formula is C19H27NO2. The third-order valence-corrected chi connectivity index (χ3v) is 5.81. The maximum Gasteiger partial charge on any atom is 0.161 e. The summed E-state index contributed by atoms with van der Waals surface area (Å²) in [6, 6.07) is 6.45. The van der Waals surface area contributed by atoms with Gasteiger partial charge in [-0.25, -0.2) is 0 Å². The third-order valence-electron chi connectivity index (χ3n) is 5.81. The van der Waals surface area contributed by atoms with E-state index in [1.165, 1.54) is 24.1 Å². The van der Waals surface area contributed by atoms with E-state index >= 15 is 0 Å². The summed E-state index contributed by atoms with van der Waals surface area (Å²) in [5, 5.41) is 0. The second-order valence-corrected chi connectivity index (χ2v) is 7.16. The summed E-state index contributed by atoms with van der Waals surface area (Å²) < 4.78 is 11.0. The molecule has 1 aromatic rings. The second kappa shape index (κ2) is 5.22. The Hall–Kier alpha value is -1.64. The molecule has 0 amide bonds. The van der Waals surface area contributed by atoms with Gasteiger partial charge in [0, 0.05) is 24.7 Å². The van der Waals surface area contributed by atoms with Gasteiger partial charge in [-0.1, -0.05) is 26.0 Å². The molecule has 0 bridgehead atoms. The number of benzene rings is 1. The minimum Gasteiger partial charge on any atom is -0.493 e. The zero-order valence-corrected chi connectivity index (χ0v) is 14.4. The highest BCUT2D eigenvalue weighted by atomic mass is 16.5. The lowest BCUT2D eigenvalue weighted by Gasteiger charge is -2.49. The van der Waals surface area contributed by atoms with E-state index in [9.17, 15) is 0 Å². The van der Waals surface area contributed by atoms with Crippen molar-refractivity contribution in [1.29, 1.82) is 0 Å². The van der Waals surface area contributed by atoms with Crippen LogP contribution in [0.1, 0.15) is 38.7 Å². The van der Waals surface area contributed by atoms with E-state index in [2.05, 4.69) is 44.0 Å². The van der Waals surface area contributed by atoms with Gasteiger partial charge in [-0.15, -0.1) is 0 Å². The van der Waals surface area contributed by atoms with E-state index in [0.29, 0.717) is 0 Å². The van der Waals surface area contributed by atoms with Gasteiger partial charge in [0.1, 0.15) is 0 Å². The molecule has 1 atom stereocenters. The van der Waals surface area contributed by atoms with Gasteiger partial charge < -0.3 is 14.4 Å². The molecule has 1 aliphatic heterocycles. The number of methoxy groups -OCH3 is 2. The largest absolute Gasteiger partial charge is 0.493 e. The SMILES string of the molecule is COc1ccc([C@]23CCN(C)C2=CCCC3(C)C)cc1OC. The first kappa shape index (κ1) is 15.3. The van der Waals surface area contributed by atoms with Crippen LogP contribution in [0.2, 0.25) is 0 Å². The summed E-state index contributed by atoms with van der Waals surface area (Å²) >= 11 is 0. The Morgan fingerprint density at radius 3 is 2.45 bits per heavy atom. The van der Waals surface area contributed by atoms with Gasteiger partial charge >= 0.3 is 0 Å². The average molecular weight is 301 g/mol. The van der Waals surface area contributed by atoms with Crippen molar-refractivity contribution < 1.29 is 9.47 Å². The lowest BCUT2D eigenvalue weighted by atomic mass is 9.55. The molecule has 3 heteroatoms. The van der Waals surface area contributed by atoms with Gasteiger partial charge in [0.2, 0.25) is 0 Å². The molecule has 120 valence electrons. The number of hydrogen-bond acceptors (Lipinski definition) is 3. The van der Waals surface area contributed by atoms with Gasteiger partial charge in [0.15, 0.2) is 11.5 Å². The van der Waals surface area contributed by atoms with E-state index < -0.39 is 0 Å². The van der Waals surface area contributed by atoms with Crippen LogP contribution < -0.4 is 9.47 Å². The molecule has 0 unspecified atom stereocenters. The Kier molecular flexibility index (Phi) is 3.62. The lowest BCUT2D eigenvalue weighted by molar-refractivity contribution is 0.168. The number of likely N-dealkylation sites (N-methyl/N-ethyl adjacent to an activating group) is 1. The molecule has 1 aliphatic carbocycles. The van der Waals surface area contributed by atoms with Gasteiger partial charge in [-0.05, 0) is 42.4 Å². The van der Waals surface area contributed by atoms with Gasteiger partial charge in [-0.2, -0.15) is 0 Å². The Morgan fingerprint density at radius 2 is 1.77 bits per heavy atom. The number of hydrogen-bond donors (Lipinski definition) is 0. The molecular weight excluding hydrogens is 274 g/mol. The van der Waals surface area contributed by atoms with E-state index in [-0.39, 0.29) is 10.8 Å². The van der Waals surface area contributed by atoms with Crippen LogP contribution in [0.25, 0.3) is 0 Å². The molecule has 1 saturated heterocycles. The summed E-state index contributed by atoms with van der Waals surface area (Å²) in [5.74, 6) is 1.62. The zero-order chi connectivity index (χ0) is 16.0. The Bertz CT molecular complexity index is 605. The van der Waals surface area contributed by atoms with E-state index in [1.54, 1.807) is 14.2 Å². The Labute approximate surface area is 133 Å². The topological polar surface area (TPSA) is 21.7 Å². The van der Waals surface area contributed by atoms with Crippen molar-refractivity contribution in [2.24, 2.45) is 5.41 Å². The standard InChI is InChI=1S/C19H27NO2/c1-18(2)10-6-7-17-19(18,11-12-20(17)3)14-8-9-15(21-4)16(13-14)22-5/h7-9,13H,6,10-12H2,1-5H3/t19-/m1/s1. The molecule has 1 aromatic carbocycles. The normalized spacial score (nSPS) is 26.4. The van der Waals surface area contributed by atoms with Crippen molar-refractivity contribution in [3.8, 4) is 11.5 Å². The fourth-order valence-corrected chi connectivity index (χ4v) is 4.49. The minimum atomic E-state index is 0.0829. The quantitative estimate of drug-likeness (QED) is 0.843. The molecule has 3 nitrogen and oxygen atoms in total. The van der Waals surface area contributed by atoms with E-state index in [1.807, 2.05) is 6.07 Å². The molecule has 3 rings (SSSR count). The van der Waals surface area contributed by atoms with Gasteiger partial charge in [0.05, 0.1) is 14.2 Å². The van der Waals surface area contributed by atoms with Crippen LogP contribution in [0.4, 0.5) is 0 Å². The number of fused-ring (bicyclic) bond motifs is 1. The lowest BCUT2D eigenvalue weighted by Crippen LogP contribution is -2.44. The molecule has 1 fully saturated rings. The molecule has 22 heavy (non-hydrogen) atoms. The van der Waals surface area contributed by atoms with Crippen LogP contribution in [0, 0.1) is 5.41 Å². The molecule has 0 saturated carbocycles. The maximum absolute atomic E-state index is 5.55. The van der Waals surface area contributed by atoms with Crippen molar-refractivity contribution in [3.05, 3.63) is 35.5 Å². The molecule has 1 heterocycles. The summed E-state index contributed by atoms with van der Waals surface area (Å²) in [6.07, 6.45) is 5.99. The first-order valence-electron chi connectivity index (χ1n) is 8.10. The van der Waals surface area contributed by atoms with Crippen LogP contribution in [-0.2, 0) is 5.41 Å². The number of nitrogens with zero attached hydrogens (tertiary/aromatic N) is 1. The number of rotatable bonds is 3. The monoisotopic (exact) mass is 301 g/mol. The zero-order valence-electron chi connectivity index (χ0n) is 14.4. The second-order valence-electron chi connectivity index (χ2n) is 7.16. The average Bonchev–Trinajstić information content (AvgIpc) is 2.86. The predicted octanol–water partition coefficient (Wildman–Crippen LogP) is 3.98. The third kappa shape index (κ3) is 1.94. The highest BCUT2D eigenvalue weighted by Gasteiger charge is 2.54. The van der Waals surface area contributed by atoms with Crippen molar-refractivity contribution in [1.82, 2.24) is 4.90 Å². The highest BCUT2D eigenvalue weighted by molar-refractivity contribution is 5.50. The number of allylic oxidation sites excluding steroid dienone is 2. The Morgan fingerprint density at radius 1 is 1.05 bits per heavy atom. The maximum atomic E-state index is 5.55. The number of ether oxygens (including phenoxy) is 2. The predicted molar refractivity (Wildman–Crippen MR) is 89.6 cm³/mol. The fourth-order valence-electron chi connectivity index (χ4n) is 4.49. The minimum absolute atomic E-state index is 0.0829. The van der Waals surface area contributed by atoms with Crippen LogP contribution in [0.3, 0.4) is 0 Å². The highest BCUT2D eigenvalue weighted by Crippen LogP contribution is 2.58. The van der Waals surface area contributed by atoms with E-state index in [4.69, 9.17) is 9.47 Å². The van der Waals surface area contributed by atoms with Crippen molar-refractivity contribution in [2.45, 2.75) is 38.5 Å². The summed E-state index contributed by atoms with van der Waals surface area (Å²) in [4.78, 5) is 2.43. The number of likely N-dealkylation sites (tertiary alicyclic amines) is 1. The molecule has 0 N–H and O–H groups in total. The first-order valence-corrected chi connectivity index (χ1v) is 8.10. The smallest absolute Gasteiger partial charge is 0.161 e. The van der Waals surface area contributed by atoms with Gasteiger partial charge in [-0.3, -0.25) is 0 Å². The summed E-state index contributed by atoms with van der Waals surface area (Å²) in [7, 11) is 5.62. The molecule has 0 aromatic heterocycles. The first-order chi connectivity index (χ1) is 10.5. The van der Waals surface area contributed by atoms with Crippen molar-refractivity contribution >= 4 is 0 Å². The van der Waals surface area contributed by atoms with Crippen LogP contribution in [0.15, 0.2) is 30.0 Å². The summed E-state index contributed by atoms with van der Waals surface area (Å²) in [5.41, 5.74) is 3.16. The summed E-state index contributed by atoms with van der Waals surface area (Å²) in [6.45, 7) is 5.94. The molecule has 0 radical (unpaired) electrons. The van der Waals surface area contributed by atoms with Gasteiger partial charge in [0.25, 0.3) is 0 Å².